The van der Waals surface area contributed by atoms with Gasteiger partial charge in [-0.05, 0) is 42.8 Å². The van der Waals surface area contributed by atoms with Gasteiger partial charge < -0.3 is 5.32 Å². The van der Waals surface area contributed by atoms with Gasteiger partial charge in [-0.2, -0.15) is 0 Å². The largest absolute Gasteiger partial charge is 0.312 e. The molecule has 0 fully saturated rings. The molecule has 2 aromatic rings. The summed E-state index contributed by atoms with van der Waals surface area (Å²) < 4.78 is 1.13. The van der Waals surface area contributed by atoms with E-state index in [1.54, 1.807) is 0 Å². The molecule has 1 aromatic heterocycles. The van der Waals surface area contributed by atoms with Gasteiger partial charge in [-0.3, -0.25) is 0 Å². The molecule has 17 heavy (non-hydrogen) atoms. The molecule has 1 unspecified atom stereocenters. The number of thioether (sulfide) groups is 1. The Morgan fingerprint density at radius 3 is 2.65 bits per heavy atom. The van der Waals surface area contributed by atoms with Crippen molar-refractivity contribution in [1.82, 2.24) is 5.32 Å². The number of rotatable bonds is 5. The van der Waals surface area contributed by atoms with Crippen LogP contribution in [0.15, 0.2) is 51.1 Å². The second-order valence-corrected chi connectivity index (χ2v) is 6.61. The van der Waals surface area contributed by atoms with Gasteiger partial charge in [0.25, 0.3) is 0 Å². The first-order chi connectivity index (χ1) is 8.29. The van der Waals surface area contributed by atoms with Crippen molar-refractivity contribution in [3.8, 4) is 0 Å². The van der Waals surface area contributed by atoms with Crippen molar-refractivity contribution in [1.29, 1.82) is 0 Å². The van der Waals surface area contributed by atoms with E-state index in [9.17, 15) is 0 Å². The second kappa shape index (κ2) is 6.59. The van der Waals surface area contributed by atoms with Gasteiger partial charge in [0.1, 0.15) is 0 Å². The lowest BCUT2D eigenvalue weighted by molar-refractivity contribution is 0.673. The molecule has 0 aliphatic carbocycles. The van der Waals surface area contributed by atoms with Crippen LogP contribution < -0.4 is 5.32 Å². The highest BCUT2D eigenvalue weighted by molar-refractivity contribution is 9.10. The highest BCUT2D eigenvalue weighted by Crippen LogP contribution is 2.27. The van der Waals surface area contributed by atoms with Gasteiger partial charge in [-0.1, -0.05) is 22.0 Å². The number of thiophene rings is 1. The first-order valence-electron chi connectivity index (χ1n) is 5.38. The van der Waals surface area contributed by atoms with Crippen LogP contribution in [0.4, 0.5) is 0 Å². The summed E-state index contributed by atoms with van der Waals surface area (Å²) in [6, 6.07) is 13.2. The summed E-state index contributed by atoms with van der Waals surface area (Å²) in [6.07, 6.45) is 0. The number of nitrogens with one attached hydrogen (secondary N) is 1. The molecule has 1 atom stereocenters. The summed E-state index contributed by atoms with van der Waals surface area (Å²) in [5.74, 6) is 1.05. The number of hydrogen-bond donors (Lipinski definition) is 1. The first-order valence-corrected chi connectivity index (χ1v) is 8.04. The summed E-state index contributed by atoms with van der Waals surface area (Å²) in [4.78, 5) is 2.71. The minimum absolute atomic E-state index is 0.434. The van der Waals surface area contributed by atoms with Crippen molar-refractivity contribution in [2.45, 2.75) is 10.9 Å². The molecule has 4 heteroatoms. The van der Waals surface area contributed by atoms with Crippen molar-refractivity contribution >= 4 is 39.0 Å². The fourth-order valence-corrected chi connectivity index (χ4v) is 3.75. The van der Waals surface area contributed by atoms with E-state index in [2.05, 4.69) is 63.0 Å². The highest BCUT2D eigenvalue weighted by atomic mass is 79.9. The van der Waals surface area contributed by atoms with E-state index in [1.165, 1.54) is 9.77 Å². The van der Waals surface area contributed by atoms with E-state index in [-0.39, 0.29) is 0 Å². The Balaban J connectivity index is 1.94. The topological polar surface area (TPSA) is 12.0 Å². The smallest absolute Gasteiger partial charge is 0.0507 e. The van der Waals surface area contributed by atoms with Crippen LogP contribution in [-0.2, 0) is 0 Å². The Morgan fingerprint density at radius 2 is 2.06 bits per heavy atom. The molecule has 2 rings (SSSR count). The predicted octanol–water partition coefficient (Wildman–Crippen LogP) is 4.56. The van der Waals surface area contributed by atoms with Crippen LogP contribution in [0.1, 0.15) is 10.9 Å². The minimum Gasteiger partial charge on any atom is -0.312 e. The molecule has 90 valence electrons. The van der Waals surface area contributed by atoms with Crippen LogP contribution in [-0.4, -0.2) is 12.8 Å². The summed E-state index contributed by atoms with van der Waals surface area (Å²) in [5, 5.41) is 5.50. The molecule has 1 heterocycles. The van der Waals surface area contributed by atoms with Crippen LogP contribution in [0, 0.1) is 0 Å². The zero-order valence-corrected chi connectivity index (χ0v) is 12.7. The number of halogens is 1. The molecule has 0 spiro atoms. The van der Waals surface area contributed by atoms with Crippen molar-refractivity contribution in [3.63, 3.8) is 0 Å². The maximum absolute atomic E-state index is 3.45. The maximum atomic E-state index is 3.45. The minimum atomic E-state index is 0.434. The number of hydrogen-bond acceptors (Lipinski definition) is 3. The van der Waals surface area contributed by atoms with Gasteiger partial charge in [0.15, 0.2) is 0 Å². The molecule has 0 amide bonds. The average Bonchev–Trinajstić information content (AvgIpc) is 2.86. The number of benzene rings is 1. The molecule has 0 saturated heterocycles. The normalized spacial score (nSPS) is 12.6. The predicted molar refractivity (Wildman–Crippen MR) is 81.0 cm³/mol. The summed E-state index contributed by atoms with van der Waals surface area (Å²) in [6.45, 7) is 0. The standard InChI is InChI=1S/C13H14BrNS2/c1-15-12(13-3-2-8-16-13)9-17-11-6-4-10(14)5-7-11/h2-8,12,15H,9H2,1H3. The maximum Gasteiger partial charge on any atom is 0.0507 e. The summed E-state index contributed by atoms with van der Waals surface area (Å²) >= 11 is 7.14. The lowest BCUT2D eigenvalue weighted by Gasteiger charge is -2.13. The SMILES string of the molecule is CNC(CSc1ccc(Br)cc1)c1cccs1. The van der Waals surface area contributed by atoms with E-state index in [1.807, 2.05) is 30.1 Å². The summed E-state index contributed by atoms with van der Waals surface area (Å²) in [7, 11) is 2.02. The first kappa shape index (κ1) is 13.1. The molecule has 0 aliphatic heterocycles. The molecule has 0 aliphatic rings. The second-order valence-electron chi connectivity index (χ2n) is 3.62. The Bertz CT molecular complexity index is 439. The van der Waals surface area contributed by atoms with Gasteiger partial charge in [0, 0.05) is 20.0 Å². The Labute approximate surface area is 119 Å². The van der Waals surface area contributed by atoms with Crippen molar-refractivity contribution < 1.29 is 0 Å². The van der Waals surface area contributed by atoms with Crippen molar-refractivity contribution in [3.05, 3.63) is 51.1 Å². The van der Waals surface area contributed by atoms with Gasteiger partial charge in [0.2, 0.25) is 0 Å². The molecule has 0 saturated carbocycles. The molecule has 0 bridgehead atoms. The van der Waals surface area contributed by atoms with Gasteiger partial charge in [-0.25, -0.2) is 0 Å². The van der Waals surface area contributed by atoms with Crippen molar-refractivity contribution in [2.24, 2.45) is 0 Å². The van der Waals surface area contributed by atoms with Gasteiger partial charge in [-0.15, -0.1) is 23.1 Å². The average molecular weight is 328 g/mol. The lowest BCUT2D eigenvalue weighted by Crippen LogP contribution is -2.17. The molecule has 1 nitrogen and oxygen atoms in total. The third-order valence-electron chi connectivity index (χ3n) is 2.47. The van der Waals surface area contributed by atoms with Gasteiger partial charge >= 0.3 is 0 Å². The quantitative estimate of drug-likeness (QED) is 0.807. The van der Waals surface area contributed by atoms with E-state index < -0.39 is 0 Å². The van der Waals surface area contributed by atoms with Crippen LogP contribution in [0.25, 0.3) is 0 Å². The van der Waals surface area contributed by atoms with Crippen molar-refractivity contribution in [2.75, 3.05) is 12.8 Å². The monoisotopic (exact) mass is 327 g/mol. The van der Waals surface area contributed by atoms with E-state index in [4.69, 9.17) is 0 Å². The zero-order chi connectivity index (χ0) is 12.1. The van der Waals surface area contributed by atoms with Crippen LogP contribution in [0.5, 0.6) is 0 Å². The molecule has 1 N–H and O–H groups in total. The zero-order valence-electron chi connectivity index (χ0n) is 9.52. The Kier molecular flexibility index (Phi) is 5.10. The fourth-order valence-electron chi connectivity index (χ4n) is 1.51. The molecular weight excluding hydrogens is 314 g/mol. The Hall–Kier alpha value is -0.290. The van der Waals surface area contributed by atoms with E-state index >= 15 is 0 Å². The molecule has 1 aromatic carbocycles. The van der Waals surface area contributed by atoms with E-state index in [0.717, 1.165) is 10.2 Å². The third-order valence-corrected chi connectivity index (χ3v) is 5.09. The highest BCUT2D eigenvalue weighted by Gasteiger charge is 2.10. The summed E-state index contributed by atoms with van der Waals surface area (Å²) in [5.41, 5.74) is 0. The van der Waals surface area contributed by atoms with Crippen LogP contribution in [0.2, 0.25) is 0 Å². The van der Waals surface area contributed by atoms with Crippen LogP contribution >= 0.6 is 39.0 Å². The third kappa shape index (κ3) is 3.85. The molecule has 0 radical (unpaired) electrons. The van der Waals surface area contributed by atoms with E-state index in [0.29, 0.717) is 6.04 Å². The lowest BCUT2D eigenvalue weighted by atomic mass is 10.3. The Morgan fingerprint density at radius 1 is 1.29 bits per heavy atom. The van der Waals surface area contributed by atoms with Gasteiger partial charge in [0.05, 0.1) is 6.04 Å². The molecular formula is C13H14BrNS2. The fraction of sp³-hybridized carbons (Fsp3) is 0.231. The van der Waals surface area contributed by atoms with Crippen LogP contribution in [0.3, 0.4) is 0 Å².